The van der Waals surface area contributed by atoms with E-state index < -0.39 is 6.10 Å². The second-order valence-corrected chi connectivity index (χ2v) is 4.59. The van der Waals surface area contributed by atoms with Gasteiger partial charge in [0.15, 0.2) is 0 Å². The molecule has 0 fully saturated rings. The fourth-order valence-corrected chi connectivity index (χ4v) is 2.09. The molecular weight excluding hydrogens is 174 g/mol. The number of hydrogen-bond donors (Lipinski definition) is 1. The van der Waals surface area contributed by atoms with Gasteiger partial charge in [0.05, 0.1) is 17.7 Å². The summed E-state index contributed by atoms with van der Waals surface area (Å²) in [5.74, 6) is 0. The zero-order valence-corrected chi connectivity index (χ0v) is 8.41. The summed E-state index contributed by atoms with van der Waals surface area (Å²) >= 11 is 0. The van der Waals surface area contributed by atoms with E-state index >= 15 is 0 Å². The van der Waals surface area contributed by atoms with Gasteiger partial charge >= 0.3 is 0 Å². The maximum Gasteiger partial charge on any atom is 0.0991 e. The molecule has 0 saturated heterocycles. The lowest BCUT2D eigenvalue weighted by atomic mass is 9.87. The van der Waals surface area contributed by atoms with Gasteiger partial charge in [-0.2, -0.15) is 5.26 Å². The highest BCUT2D eigenvalue weighted by Gasteiger charge is 2.37. The fourth-order valence-electron chi connectivity index (χ4n) is 2.09. The molecule has 1 aliphatic rings. The Hall–Kier alpha value is -1.33. The Kier molecular flexibility index (Phi) is 1.87. The van der Waals surface area contributed by atoms with Crippen molar-refractivity contribution < 1.29 is 5.11 Å². The van der Waals surface area contributed by atoms with Gasteiger partial charge in [0.1, 0.15) is 0 Å². The molecular formula is C12H13NO. The highest BCUT2D eigenvalue weighted by molar-refractivity contribution is 5.43. The van der Waals surface area contributed by atoms with E-state index in [1.807, 2.05) is 26.0 Å². The standard InChI is InChI=1S/C12H13NO/c1-12(2)6-9-4-3-8(7-13)5-10(9)11(12)14/h3-5,11,14H,6H2,1-2H3. The van der Waals surface area contributed by atoms with Crippen LogP contribution in [0.3, 0.4) is 0 Å². The van der Waals surface area contributed by atoms with Gasteiger partial charge in [0.25, 0.3) is 0 Å². The highest BCUT2D eigenvalue weighted by atomic mass is 16.3. The number of nitrogens with zero attached hydrogens (tertiary/aromatic N) is 1. The minimum absolute atomic E-state index is 0.101. The monoisotopic (exact) mass is 187 g/mol. The highest BCUT2D eigenvalue weighted by Crippen LogP contribution is 2.45. The Bertz CT molecular complexity index is 415. The Balaban J connectivity index is 2.52. The van der Waals surface area contributed by atoms with Crippen LogP contribution in [0.5, 0.6) is 0 Å². The van der Waals surface area contributed by atoms with Crippen LogP contribution in [0.2, 0.25) is 0 Å². The zero-order chi connectivity index (χ0) is 10.3. The molecule has 0 aromatic heterocycles. The first kappa shape index (κ1) is 9.23. The molecule has 2 rings (SSSR count). The summed E-state index contributed by atoms with van der Waals surface area (Å²) in [6.07, 6.45) is 0.445. The lowest BCUT2D eigenvalue weighted by molar-refractivity contribution is 0.0666. The van der Waals surface area contributed by atoms with Crippen molar-refractivity contribution in [2.45, 2.75) is 26.4 Å². The number of fused-ring (bicyclic) bond motifs is 1. The van der Waals surface area contributed by atoms with Crippen LogP contribution in [-0.4, -0.2) is 5.11 Å². The maximum atomic E-state index is 10.0. The van der Waals surface area contributed by atoms with Gasteiger partial charge in [-0.25, -0.2) is 0 Å². The Morgan fingerprint density at radius 1 is 1.50 bits per heavy atom. The molecule has 2 nitrogen and oxygen atoms in total. The average molecular weight is 187 g/mol. The average Bonchev–Trinajstić information content (AvgIpc) is 2.38. The van der Waals surface area contributed by atoms with E-state index in [9.17, 15) is 5.11 Å². The van der Waals surface area contributed by atoms with Gasteiger partial charge in [0.2, 0.25) is 0 Å². The second kappa shape index (κ2) is 2.83. The van der Waals surface area contributed by atoms with Gasteiger partial charge in [-0.15, -0.1) is 0 Å². The topological polar surface area (TPSA) is 44.0 Å². The molecule has 0 heterocycles. The Morgan fingerprint density at radius 2 is 2.21 bits per heavy atom. The SMILES string of the molecule is CC1(C)Cc2ccc(C#N)cc2C1O. The van der Waals surface area contributed by atoms with Crippen LogP contribution in [-0.2, 0) is 6.42 Å². The summed E-state index contributed by atoms with van der Waals surface area (Å²) in [6.45, 7) is 4.09. The minimum atomic E-state index is -0.439. The Morgan fingerprint density at radius 3 is 2.86 bits per heavy atom. The molecule has 1 unspecified atom stereocenters. The molecule has 1 N–H and O–H groups in total. The number of rotatable bonds is 0. The number of aliphatic hydroxyl groups excluding tert-OH is 1. The van der Waals surface area contributed by atoms with Crippen molar-refractivity contribution >= 4 is 0 Å². The normalized spacial score (nSPS) is 22.9. The number of nitriles is 1. The molecule has 1 aromatic rings. The first-order valence-corrected chi connectivity index (χ1v) is 4.75. The van der Waals surface area contributed by atoms with E-state index in [0.717, 1.165) is 12.0 Å². The van der Waals surface area contributed by atoms with Crippen LogP contribution >= 0.6 is 0 Å². The van der Waals surface area contributed by atoms with E-state index in [0.29, 0.717) is 5.56 Å². The Labute approximate surface area is 83.8 Å². The largest absolute Gasteiger partial charge is 0.388 e. The third kappa shape index (κ3) is 1.21. The first-order valence-electron chi connectivity index (χ1n) is 4.75. The van der Waals surface area contributed by atoms with Gasteiger partial charge in [-0.3, -0.25) is 0 Å². The van der Waals surface area contributed by atoms with Crippen molar-refractivity contribution in [2.75, 3.05) is 0 Å². The van der Waals surface area contributed by atoms with Crippen molar-refractivity contribution in [1.29, 1.82) is 5.26 Å². The van der Waals surface area contributed by atoms with Crippen LogP contribution in [0, 0.1) is 16.7 Å². The smallest absolute Gasteiger partial charge is 0.0991 e. The molecule has 0 saturated carbocycles. The lowest BCUT2D eigenvalue weighted by Gasteiger charge is -2.22. The predicted molar refractivity (Wildman–Crippen MR) is 53.6 cm³/mol. The molecule has 0 spiro atoms. The van der Waals surface area contributed by atoms with Crippen LogP contribution in [0.1, 0.15) is 36.6 Å². The van der Waals surface area contributed by atoms with Crippen molar-refractivity contribution in [2.24, 2.45) is 5.41 Å². The fraction of sp³-hybridized carbons (Fsp3) is 0.417. The summed E-state index contributed by atoms with van der Waals surface area (Å²) in [5, 5.41) is 18.8. The predicted octanol–water partition coefficient (Wildman–Crippen LogP) is 2.17. The molecule has 0 amide bonds. The first-order chi connectivity index (χ1) is 6.54. The number of aliphatic hydroxyl groups is 1. The van der Waals surface area contributed by atoms with Crippen molar-refractivity contribution in [3.63, 3.8) is 0 Å². The summed E-state index contributed by atoms with van der Waals surface area (Å²) < 4.78 is 0. The van der Waals surface area contributed by atoms with Crippen LogP contribution < -0.4 is 0 Å². The van der Waals surface area contributed by atoms with Gasteiger partial charge in [-0.1, -0.05) is 19.9 Å². The van der Waals surface area contributed by atoms with Crippen LogP contribution in [0.25, 0.3) is 0 Å². The van der Waals surface area contributed by atoms with Crippen LogP contribution in [0.4, 0.5) is 0 Å². The summed E-state index contributed by atoms with van der Waals surface area (Å²) in [4.78, 5) is 0. The van der Waals surface area contributed by atoms with E-state index in [2.05, 4.69) is 6.07 Å². The van der Waals surface area contributed by atoms with Crippen molar-refractivity contribution in [3.8, 4) is 6.07 Å². The quantitative estimate of drug-likeness (QED) is 0.676. The summed E-state index contributed by atoms with van der Waals surface area (Å²) in [7, 11) is 0. The van der Waals surface area contributed by atoms with E-state index in [1.165, 1.54) is 5.56 Å². The van der Waals surface area contributed by atoms with Gasteiger partial charge in [-0.05, 0) is 35.1 Å². The van der Waals surface area contributed by atoms with Gasteiger partial charge < -0.3 is 5.11 Å². The van der Waals surface area contributed by atoms with Crippen LogP contribution in [0.15, 0.2) is 18.2 Å². The molecule has 2 heteroatoms. The summed E-state index contributed by atoms with van der Waals surface area (Å²) in [6, 6.07) is 7.66. The third-order valence-corrected chi connectivity index (χ3v) is 2.96. The third-order valence-electron chi connectivity index (χ3n) is 2.96. The van der Waals surface area contributed by atoms with Crippen molar-refractivity contribution in [3.05, 3.63) is 34.9 Å². The number of hydrogen-bond acceptors (Lipinski definition) is 2. The van der Waals surface area contributed by atoms with E-state index in [1.54, 1.807) is 6.07 Å². The van der Waals surface area contributed by atoms with E-state index in [4.69, 9.17) is 5.26 Å². The molecule has 0 radical (unpaired) electrons. The number of benzene rings is 1. The molecule has 0 aliphatic heterocycles. The molecule has 1 aliphatic carbocycles. The maximum absolute atomic E-state index is 10.0. The molecule has 14 heavy (non-hydrogen) atoms. The zero-order valence-electron chi connectivity index (χ0n) is 8.41. The van der Waals surface area contributed by atoms with E-state index in [-0.39, 0.29) is 5.41 Å². The van der Waals surface area contributed by atoms with Crippen molar-refractivity contribution in [1.82, 2.24) is 0 Å². The second-order valence-electron chi connectivity index (χ2n) is 4.59. The summed E-state index contributed by atoms with van der Waals surface area (Å²) in [5.41, 5.74) is 2.62. The van der Waals surface area contributed by atoms with Gasteiger partial charge in [0, 0.05) is 0 Å². The lowest BCUT2D eigenvalue weighted by Crippen LogP contribution is -2.16. The molecule has 72 valence electrons. The molecule has 1 atom stereocenters. The molecule has 0 bridgehead atoms. The molecule has 1 aromatic carbocycles. The minimum Gasteiger partial charge on any atom is -0.388 e.